The number of benzene rings is 1. The minimum Gasteiger partial charge on any atom is -0.504 e. The number of carbonyl (C=O) groups excluding carboxylic acids is 1. The molecule has 0 amide bonds. The van der Waals surface area contributed by atoms with Crippen molar-refractivity contribution in [3.63, 3.8) is 0 Å². The van der Waals surface area contributed by atoms with Crippen LogP contribution in [0.15, 0.2) is 18.2 Å². The van der Waals surface area contributed by atoms with Crippen LogP contribution in [0.1, 0.15) is 18.6 Å². The number of hydrogen-bond acceptors (Lipinski definition) is 4. The van der Waals surface area contributed by atoms with Gasteiger partial charge in [-0.15, -0.1) is 0 Å². The molecule has 0 aromatic heterocycles. The highest BCUT2D eigenvalue weighted by Gasteiger charge is 2.17. The summed E-state index contributed by atoms with van der Waals surface area (Å²) in [5, 5.41) is 9.53. The van der Waals surface area contributed by atoms with Crippen LogP contribution in [0.25, 0.3) is 0 Å². The molecule has 82 valence electrons. The lowest BCUT2D eigenvalue weighted by Gasteiger charge is -2.13. The standard InChI is InChI=1S/C11H14O4/c1-7(12)11(15-3)8-4-5-10(14-2)9(13)6-8/h4-6,11,13H,1-3H3. The Labute approximate surface area is 88.4 Å². The topological polar surface area (TPSA) is 55.8 Å². The van der Waals surface area contributed by atoms with Gasteiger partial charge in [-0.05, 0) is 24.6 Å². The van der Waals surface area contributed by atoms with Crippen molar-refractivity contribution in [2.75, 3.05) is 14.2 Å². The Bertz CT molecular complexity index is 360. The normalized spacial score (nSPS) is 12.2. The highest BCUT2D eigenvalue weighted by molar-refractivity contribution is 5.82. The number of Topliss-reactive ketones (excluding diaryl/α,β-unsaturated/α-hetero) is 1. The molecule has 0 aliphatic carbocycles. The largest absolute Gasteiger partial charge is 0.504 e. The van der Waals surface area contributed by atoms with Gasteiger partial charge in [0.1, 0.15) is 6.10 Å². The van der Waals surface area contributed by atoms with Gasteiger partial charge in [-0.1, -0.05) is 6.07 Å². The van der Waals surface area contributed by atoms with Gasteiger partial charge in [-0.3, -0.25) is 4.79 Å². The summed E-state index contributed by atoms with van der Waals surface area (Å²) in [6.45, 7) is 1.44. The van der Waals surface area contributed by atoms with Crippen LogP contribution in [-0.4, -0.2) is 25.1 Å². The Morgan fingerprint density at radius 2 is 2.07 bits per heavy atom. The van der Waals surface area contributed by atoms with Crippen LogP contribution in [0.5, 0.6) is 11.5 Å². The number of methoxy groups -OCH3 is 2. The second-order valence-corrected chi connectivity index (χ2v) is 3.16. The third kappa shape index (κ3) is 2.47. The van der Waals surface area contributed by atoms with Crippen LogP contribution in [0.4, 0.5) is 0 Å². The molecule has 0 bridgehead atoms. The van der Waals surface area contributed by atoms with E-state index in [1.807, 2.05) is 0 Å². The maximum absolute atomic E-state index is 11.2. The number of phenols is 1. The smallest absolute Gasteiger partial charge is 0.163 e. The Kier molecular flexibility index (Phi) is 3.68. The second-order valence-electron chi connectivity index (χ2n) is 3.16. The van der Waals surface area contributed by atoms with E-state index >= 15 is 0 Å². The average molecular weight is 210 g/mol. The van der Waals surface area contributed by atoms with Crippen molar-refractivity contribution in [2.45, 2.75) is 13.0 Å². The predicted molar refractivity (Wildman–Crippen MR) is 55.1 cm³/mol. The lowest BCUT2D eigenvalue weighted by Crippen LogP contribution is -2.10. The Hall–Kier alpha value is -1.55. The van der Waals surface area contributed by atoms with Crippen molar-refractivity contribution in [1.82, 2.24) is 0 Å². The molecule has 1 atom stereocenters. The first kappa shape index (κ1) is 11.5. The molecule has 1 rings (SSSR count). The van der Waals surface area contributed by atoms with Crippen LogP contribution in [0, 0.1) is 0 Å². The molecule has 1 aromatic carbocycles. The van der Waals surface area contributed by atoms with Gasteiger partial charge in [-0.25, -0.2) is 0 Å². The van der Waals surface area contributed by atoms with E-state index in [-0.39, 0.29) is 11.5 Å². The van der Waals surface area contributed by atoms with Crippen LogP contribution in [0.2, 0.25) is 0 Å². The van der Waals surface area contributed by atoms with Crippen molar-refractivity contribution in [1.29, 1.82) is 0 Å². The average Bonchev–Trinajstić information content (AvgIpc) is 2.18. The lowest BCUT2D eigenvalue weighted by molar-refractivity contribution is -0.126. The van der Waals surface area contributed by atoms with E-state index in [1.165, 1.54) is 27.2 Å². The number of rotatable bonds is 4. The highest BCUT2D eigenvalue weighted by Crippen LogP contribution is 2.30. The maximum atomic E-state index is 11.2. The van der Waals surface area contributed by atoms with Gasteiger partial charge in [0.25, 0.3) is 0 Å². The first-order valence-electron chi connectivity index (χ1n) is 4.50. The minimum absolute atomic E-state index is 0.00157. The van der Waals surface area contributed by atoms with Gasteiger partial charge in [0.2, 0.25) is 0 Å². The number of carbonyl (C=O) groups is 1. The van der Waals surface area contributed by atoms with Crippen molar-refractivity contribution in [3.8, 4) is 11.5 Å². The molecule has 1 N–H and O–H groups in total. The van der Waals surface area contributed by atoms with E-state index in [2.05, 4.69) is 0 Å². The van der Waals surface area contributed by atoms with E-state index < -0.39 is 6.10 Å². The van der Waals surface area contributed by atoms with E-state index in [0.29, 0.717) is 11.3 Å². The van der Waals surface area contributed by atoms with Crippen LogP contribution in [0.3, 0.4) is 0 Å². The van der Waals surface area contributed by atoms with E-state index in [1.54, 1.807) is 12.1 Å². The Balaban J connectivity index is 3.05. The van der Waals surface area contributed by atoms with Crippen molar-refractivity contribution >= 4 is 5.78 Å². The fourth-order valence-electron chi connectivity index (χ4n) is 1.41. The molecule has 15 heavy (non-hydrogen) atoms. The summed E-state index contributed by atoms with van der Waals surface area (Å²) >= 11 is 0. The molecule has 0 heterocycles. The zero-order valence-electron chi connectivity index (χ0n) is 8.98. The molecule has 0 saturated carbocycles. The van der Waals surface area contributed by atoms with Gasteiger partial charge in [-0.2, -0.15) is 0 Å². The first-order valence-corrected chi connectivity index (χ1v) is 4.50. The molecule has 1 unspecified atom stereocenters. The van der Waals surface area contributed by atoms with Gasteiger partial charge in [0.05, 0.1) is 7.11 Å². The summed E-state index contributed by atoms with van der Waals surface area (Å²) in [5.41, 5.74) is 0.614. The van der Waals surface area contributed by atoms with Gasteiger partial charge in [0, 0.05) is 7.11 Å². The fraction of sp³-hybridized carbons (Fsp3) is 0.364. The first-order chi connectivity index (χ1) is 7.10. The lowest BCUT2D eigenvalue weighted by atomic mass is 10.1. The van der Waals surface area contributed by atoms with Crippen LogP contribution < -0.4 is 4.74 Å². The Morgan fingerprint density at radius 3 is 2.47 bits per heavy atom. The molecule has 0 radical (unpaired) electrons. The number of phenolic OH excluding ortho intramolecular Hbond substituents is 1. The monoisotopic (exact) mass is 210 g/mol. The number of hydrogen-bond donors (Lipinski definition) is 1. The molecule has 4 nitrogen and oxygen atoms in total. The molecule has 1 aromatic rings. The van der Waals surface area contributed by atoms with Crippen LogP contribution in [-0.2, 0) is 9.53 Å². The molecule has 0 saturated heterocycles. The van der Waals surface area contributed by atoms with Gasteiger partial charge >= 0.3 is 0 Å². The molecule has 0 fully saturated rings. The maximum Gasteiger partial charge on any atom is 0.163 e. The summed E-state index contributed by atoms with van der Waals surface area (Å²) in [6.07, 6.45) is -0.637. The molecule has 0 spiro atoms. The van der Waals surface area contributed by atoms with Crippen molar-refractivity contribution in [3.05, 3.63) is 23.8 Å². The van der Waals surface area contributed by atoms with Crippen molar-refractivity contribution in [2.24, 2.45) is 0 Å². The van der Waals surface area contributed by atoms with Crippen molar-refractivity contribution < 1.29 is 19.4 Å². The summed E-state index contributed by atoms with van der Waals surface area (Å²) in [5.74, 6) is 0.262. The third-order valence-electron chi connectivity index (χ3n) is 2.11. The summed E-state index contributed by atoms with van der Waals surface area (Å²) < 4.78 is 9.92. The predicted octanol–water partition coefficient (Wildman–Crippen LogP) is 1.68. The van der Waals surface area contributed by atoms with Gasteiger partial charge in [0.15, 0.2) is 17.3 Å². The van der Waals surface area contributed by atoms with Crippen LogP contribution >= 0.6 is 0 Å². The molecule has 0 aliphatic rings. The summed E-state index contributed by atoms with van der Waals surface area (Å²) in [4.78, 5) is 11.2. The zero-order chi connectivity index (χ0) is 11.4. The SMILES string of the molecule is COc1ccc(C(OC)C(C)=O)cc1O. The quantitative estimate of drug-likeness (QED) is 0.821. The Morgan fingerprint density at radius 1 is 1.40 bits per heavy atom. The van der Waals surface area contributed by atoms with Gasteiger partial charge < -0.3 is 14.6 Å². The zero-order valence-corrected chi connectivity index (χ0v) is 8.98. The number of aromatic hydroxyl groups is 1. The molecular weight excluding hydrogens is 196 g/mol. The van der Waals surface area contributed by atoms with E-state index in [0.717, 1.165) is 0 Å². The highest BCUT2D eigenvalue weighted by atomic mass is 16.5. The summed E-state index contributed by atoms with van der Waals surface area (Å²) in [6, 6.07) is 4.75. The fourth-order valence-corrected chi connectivity index (χ4v) is 1.41. The van der Waals surface area contributed by atoms with E-state index in [9.17, 15) is 9.90 Å². The number of ketones is 1. The second kappa shape index (κ2) is 4.79. The summed E-state index contributed by atoms with van der Waals surface area (Å²) in [7, 11) is 2.92. The molecule has 4 heteroatoms. The molecule has 0 aliphatic heterocycles. The minimum atomic E-state index is -0.637. The molecular formula is C11H14O4. The van der Waals surface area contributed by atoms with E-state index in [4.69, 9.17) is 9.47 Å². The third-order valence-corrected chi connectivity index (χ3v) is 2.11. The number of ether oxygens (including phenoxy) is 2.